The fourth-order valence-electron chi connectivity index (χ4n) is 5.43. The van der Waals surface area contributed by atoms with Gasteiger partial charge < -0.3 is 9.64 Å². The van der Waals surface area contributed by atoms with E-state index in [4.69, 9.17) is 4.74 Å². The smallest absolute Gasteiger partial charge is 0.253 e. The zero-order valence-electron chi connectivity index (χ0n) is 21.5. The summed E-state index contributed by atoms with van der Waals surface area (Å²) >= 11 is 0. The van der Waals surface area contributed by atoms with Crippen LogP contribution in [0.1, 0.15) is 46.8 Å². The number of rotatable bonds is 9. The molecule has 0 aromatic heterocycles. The van der Waals surface area contributed by atoms with Crippen LogP contribution in [0.15, 0.2) is 78.9 Å². The average molecular weight is 471 g/mol. The molecule has 4 rings (SSSR count). The zero-order valence-corrected chi connectivity index (χ0v) is 21.5. The SMILES string of the molecule is COc1ccccc1CN1CC(CN(CC(C)C)C(=O)c2ccccc2)C(c2ccccc2C)C1. The molecular formula is C31H38N2O2. The highest BCUT2D eigenvalue weighted by Crippen LogP contribution is 2.36. The van der Waals surface area contributed by atoms with Gasteiger partial charge in [0.2, 0.25) is 0 Å². The quantitative estimate of drug-likeness (QED) is 0.383. The first kappa shape index (κ1) is 25.0. The fourth-order valence-corrected chi connectivity index (χ4v) is 5.43. The Bertz CT molecular complexity index is 1110. The van der Waals surface area contributed by atoms with E-state index in [1.54, 1.807) is 7.11 Å². The maximum atomic E-state index is 13.5. The van der Waals surface area contributed by atoms with Crippen molar-refractivity contribution >= 4 is 5.91 Å². The Morgan fingerprint density at radius 2 is 1.66 bits per heavy atom. The number of likely N-dealkylation sites (tertiary alicyclic amines) is 1. The highest BCUT2D eigenvalue weighted by Gasteiger charge is 2.36. The third kappa shape index (κ3) is 6.12. The van der Waals surface area contributed by atoms with Crippen LogP contribution in [0.4, 0.5) is 0 Å². The minimum Gasteiger partial charge on any atom is -0.496 e. The normalized spacial score (nSPS) is 18.1. The van der Waals surface area contributed by atoms with Gasteiger partial charge in [0.05, 0.1) is 7.11 Å². The Hall–Kier alpha value is -3.11. The predicted molar refractivity (Wildman–Crippen MR) is 143 cm³/mol. The molecular weight excluding hydrogens is 432 g/mol. The second-order valence-corrected chi connectivity index (χ2v) is 10.2. The predicted octanol–water partition coefficient (Wildman–Crippen LogP) is 6.02. The van der Waals surface area contributed by atoms with E-state index in [-0.39, 0.29) is 5.91 Å². The lowest BCUT2D eigenvalue weighted by atomic mass is 9.86. The van der Waals surface area contributed by atoms with Gasteiger partial charge in [-0.1, -0.05) is 74.5 Å². The van der Waals surface area contributed by atoms with Crippen LogP contribution in [0.3, 0.4) is 0 Å². The summed E-state index contributed by atoms with van der Waals surface area (Å²) in [5, 5.41) is 0. The van der Waals surface area contributed by atoms with Gasteiger partial charge in [0.15, 0.2) is 0 Å². The number of aryl methyl sites for hydroxylation is 1. The van der Waals surface area contributed by atoms with E-state index in [1.165, 1.54) is 16.7 Å². The van der Waals surface area contributed by atoms with Crippen molar-refractivity contribution in [3.63, 3.8) is 0 Å². The van der Waals surface area contributed by atoms with Gasteiger partial charge in [-0.25, -0.2) is 0 Å². The number of para-hydroxylation sites is 1. The number of carbonyl (C=O) groups excluding carboxylic acids is 1. The van der Waals surface area contributed by atoms with Crippen LogP contribution in [0.2, 0.25) is 0 Å². The fraction of sp³-hybridized carbons (Fsp3) is 0.387. The highest BCUT2D eigenvalue weighted by atomic mass is 16.5. The molecule has 0 aliphatic carbocycles. The monoisotopic (exact) mass is 470 g/mol. The molecule has 0 N–H and O–H groups in total. The summed E-state index contributed by atoms with van der Waals surface area (Å²) in [6.07, 6.45) is 0. The topological polar surface area (TPSA) is 32.8 Å². The van der Waals surface area contributed by atoms with Gasteiger partial charge in [0.1, 0.15) is 5.75 Å². The van der Waals surface area contributed by atoms with Crippen molar-refractivity contribution in [2.75, 3.05) is 33.3 Å². The van der Waals surface area contributed by atoms with Gasteiger partial charge in [-0.15, -0.1) is 0 Å². The molecule has 35 heavy (non-hydrogen) atoms. The molecule has 0 spiro atoms. The minimum atomic E-state index is 0.131. The molecule has 1 aliphatic heterocycles. The molecule has 0 bridgehead atoms. The van der Waals surface area contributed by atoms with Crippen molar-refractivity contribution in [1.82, 2.24) is 9.80 Å². The van der Waals surface area contributed by atoms with Crippen molar-refractivity contribution in [2.24, 2.45) is 11.8 Å². The lowest BCUT2D eigenvalue weighted by Crippen LogP contribution is -2.39. The van der Waals surface area contributed by atoms with E-state index in [1.807, 2.05) is 42.5 Å². The van der Waals surface area contributed by atoms with Gasteiger partial charge in [0, 0.05) is 49.8 Å². The van der Waals surface area contributed by atoms with Crippen molar-refractivity contribution in [2.45, 2.75) is 33.2 Å². The third-order valence-corrected chi connectivity index (χ3v) is 7.04. The van der Waals surface area contributed by atoms with Crippen molar-refractivity contribution in [1.29, 1.82) is 0 Å². The molecule has 2 unspecified atom stereocenters. The molecule has 184 valence electrons. The molecule has 2 atom stereocenters. The van der Waals surface area contributed by atoms with Gasteiger partial charge in [-0.2, -0.15) is 0 Å². The molecule has 4 heteroatoms. The summed E-state index contributed by atoms with van der Waals surface area (Å²) in [5.41, 5.74) is 4.70. The Labute approximate surface area is 210 Å². The standard InChI is InChI=1S/C31H38N2O2/c1-23(2)18-33(31(34)25-13-6-5-7-14-25)21-27-20-32(19-26-15-9-11-17-30(26)35-4)22-29(27)28-16-10-8-12-24(28)3/h5-17,23,27,29H,18-22H2,1-4H3. The summed E-state index contributed by atoms with van der Waals surface area (Å²) < 4.78 is 5.62. The van der Waals surface area contributed by atoms with Crippen LogP contribution >= 0.6 is 0 Å². The number of nitrogens with zero attached hydrogens (tertiary/aromatic N) is 2. The van der Waals surface area contributed by atoms with Gasteiger partial charge in [-0.05, 0) is 48.1 Å². The molecule has 3 aromatic rings. The van der Waals surface area contributed by atoms with Crippen LogP contribution in [-0.2, 0) is 6.54 Å². The largest absolute Gasteiger partial charge is 0.496 e. The number of benzene rings is 3. The maximum absolute atomic E-state index is 13.5. The minimum absolute atomic E-state index is 0.131. The lowest BCUT2D eigenvalue weighted by molar-refractivity contribution is 0.0703. The molecule has 3 aromatic carbocycles. The molecule has 1 aliphatic rings. The average Bonchev–Trinajstić information content (AvgIpc) is 3.25. The Morgan fingerprint density at radius 3 is 2.37 bits per heavy atom. The molecule has 1 amide bonds. The molecule has 4 nitrogen and oxygen atoms in total. The van der Waals surface area contributed by atoms with Crippen molar-refractivity contribution < 1.29 is 9.53 Å². The Morgan fingerprint density at radius 1 is 0.971 bits per heavy atom. The molecule has 1 saturated heterocycles. The number of carbonyl (C=O) groups is 1. The first-order valence-electron chi connectivity index (χ1n) is 12.7. The van der Waals surface area contributed by atoms with E-state index in [0.717, 1.165) is 44.0 Å². The lowest BCUT2D eigenvalue weighted by Gasteiger charge is -2.30. The summed E-state index contributed by atoms with van der Waals surface area (Å²) in [7, 11) is 1.74. The number of ether oxygens (including phenoxy) is 1. The molecule has 0 saturated carbocycles. The van der Waals surface area contributed by atoms with Crippen LogP contribution in [0, 0.1) is 18.8 Å². The van der Waals surface area contributed by atoms with E-state index >= 15 is 0 Å². The second-order valence-electron chi connectivity index (χ2n) is 10.2. The second kappa shape index (κ2) is 11.5. The number of hydrogen-bond acceptors (Lipinski definition) is 3. The van der Waals surface area contributed by atoms with E-state index in [9.17, 15) is 4.79 Å². The molecule has 1 heterocycles. The van der Waals surface area contributed by atoms with Gasteiger partial charge in [0.25, 0.3) is 5.91 Å². The van der Waals surface area contributed by atoms with Crippen LogP contribution in [0.5, 0.6) is 5.75 Å². The van der Waals surface area contributed by atoms with Crippen molar-refractivity contribution in [3.05, 3.63) is 101 Å². The highest BCUT2D eigenvalue weighted by molar-refractivity contribution is 5.94. The Balaban J connectivity index is 1.61. The van der Waals surface area contributed by atoms with E-state index in [0.29, 0.717) is 17.8 Å². The number of amides is 1. The maximum Gasteiger partial charge on any atom is 0.253 e. The summed E-state index contributed by atoms with van der Waals surface area (Å²) in [6, 6.07) is 26.7. The summed E-state index contributed by atoms with van der Waals surface area (Å²) in [6.45, 7) is 10.9. The number of methoxy groups -OCH3 is 1. The summed E-state index contributed by atoms with van der Waals surface area (Å²) in [5.74, 6) is 2.21. The Kier molecular flexibility index (Phi) is 8.25. The molecule has 0 radical (unpaired) electrons. The van der Waals surface area contributed by atoms with E-state index in [2.05, 4.69) is 67.0 Å². The van der Waals surface area contributed by atoms with Crippen LogP contribution < -0.4 is 4.74 Å². The van der Waals surface area contributed by atoms with Gasteiger partial charge >= 0.3 is 0 Å². The van der Waals surface area contributed by atoms with Crippen LogP contribution in [-0.4, -0.2) is 49.0 Å². The number of hydrogen-bond donors (Lipinski definition) is 0. The third-order valence-electron chi connectivity index (χ3n) is 7.04. The first-order valence-corrected chi connectivity index (χ1v) is 12.7. The zero-order chi connectivity index (χ0) is 24.8. The summed E-state index contributed by atoms with van der Waals surface area (Å²) in [4.78, 5) is 18.1. The first-order chi connectivity index (χ1) is 17.0. The van der Waals surface area contributed by atoms with E-state index < -0.39 is 0 Å². The van der Waals surface area contributed by atoms with Crippen molar-refractivity contribution in [3.8, 4) is 5.75 Å². The van der Waals surface area contributed by atoms with Crippen LogP contribution in [0.25, 0.3) is 0 Å². The molecule has 1 fully saturated rings. The van der Waals surface area contributed by atoms with Gasteiger partial charge in [-0.3, -0.25) is 9.69 Å².